The molecule has 0 N–H and O–H groups in total. The average Bonchev–Trinajstić information content (AvgIpc) is 2.62. The van der Waals surface area contributed by atoms with Crippen LogP contribution in [0.3, 0.4) is 0 Å². The molecule has 0 heterocycles. The van der Waals surface area contributed by atoms with E-state index < -0.39 is 24.0 Å². The Kier molecular flexibility index (Phi) is 1.82. The van der Waals surface area contributed by atoms with Gasteiger partial charge in [-0.15, -0.1) is 0 Å². The molecule has 1 aliphatic rings. The molecule has 0 amide bonds. The van der Waals surface area contributed by atoms with E-state index >= 15 is 0 Å². The number of halogens is 3. The van der Waals surface area contributed by atoms with Crippen LogP contribution >= 0.6 is 0 Å². The van der Waals surface area contributed by atoms with Crippen LogP contribution in [0.1, 0.15) is 6.42 Å². The van der Waals surface area contributed by atoms with Crippen LogP contribution in [0.15, 0.2) is 0 Å². The van der Waals surface area contributed by atoms with Crippen LogP contribution in [0.25, 0.3) is 0 Å². The molecule has 64 valence electrons. The molecule has 2 unspecified atom stereocenters. The van der Waals surface area contributed by atoms with Gasteiger partial charge >= 0.3 is 12.1 Å². The highest BCUT2D eigenvalue weighted by molar-refractivity contribution is 5.75. The van der Waals surface area contributed by atoms with Crippen LogP contribution in [0.2, 0.25) is 0 Å². The van der Waals surface area contributed by atoms with Crippen LogP contribution in [0.4, 0.5) is 13.2 Å². The molecule has 1 saturated carbocycles. The molecule has 0 spiro atoms. The van der Waals surface area contributed by atoms with Crippen LogP contribution in [0, 0.1) is 11.8 Å². The van der Waals surface area contributed by atoms with E-state index in [4.69, 9.17) is 0 Å². The average molecular weight is 168 g/mol. The molecule has 11 heavy (non-hydrogen) atoms. The first-order valence-corrected chi connectivity index (χ1v) is 3.11. The Labute approximate surface area is 61.3 Å². The Hall–Kier alpha value is -0.740. The zero-order chi connectivity index (χ0) is 8.65. The summed E-state index contributed by atoms with van der Waals surface area (Å²) < 4.78 is 39.5. The molecule has 1 rings (SSSR count). The van der Waals surface area contributed by atoms with Gasteiger partial charge in [-0.1, -0.05) is 0 Å². The zero-order valence-corrected chi connectivity index (χ0v) is 5.81. The van der Waals surface area contributed by atoms with E-state index in [0.29, 0.717) is 0 Å². The number of carbonyl (C=O) groups excluding carboxylic acids is 1. The molecule has 0 aliphatic heterocycles. The monoisotopic (exact) mass is 168 g/mol. The van der Waals surface area contributed by atoms with Crippen molar-refractivity contribution in [3.8, 4) is 0 Å². The lowest BCUT2D eigenvalue weighted by molar-refractivity contribution is -0.161. The summed E-state index contributed by atoms with van der Waals surface area (Å²) in [5.74, 6) is -3.16. The molecule has 1 fully saturated rings. The predicted molar refractivity (Wildman–Crippen MR) is 29.7 cm³/mol. The van der Waals surface area contributed by atoms with Crippen molar-refractivity contribution in [2.24, 2.45) is 11.8 Å². The predicted octanol–water partition coefficient (Wildman–Crippen LogP) is 1.36. The summed E-state index contributed by atoms with van der Waals surface area (Å²) in [4.78, 5) is 10.5. The second-order valence-corrected chi connectivity index (χ2v) is 2.51. The highest BCUT2D eigenvalue weighted by atomic mass is 19.4. The maximum absolute atomic E-state index is 11.8. The Balaban J connectivity index is 2.44. The second kappa shape index (κ2) is 2.39. The topological polar surface area (TPSA) is 26.3 Å². The van der Waals surface area contributed by atoms with Gasteiger partial charge in [0.1, 0.15) is 0 Å². The molecule has 1 aliphatic carbocycles. The third-order valence-corrected chi connectivity index (χ3v) is 1.71. The minimum Gasteiger partial charge on any atom is -0.469 e. The van der Waals surface area contributed by atoms with Gasteiger partial charge in [0.05, 0.1) is 18.9 Å². The van der Waals surface area contributed by atoms with Crippen LogP contribution in [-0.2, 0) is 9.53 Å². The van der Waals surface area contributed by atoms with E-state index in [1.165, 1.54) is 0 Å². The van der Waals surface area contributed by atoms with Gasteiger partial charge in [-0.2, -0.15) is 13.2 Å². The van der Waals surface area contributed by atoms with E-state index in [1.54, 1.807) is 0 Å². The Morgan fingerprint density at radius 3 is 2.36 bits per heavy atom. The fourth-order valence-corrected chi connectivity index (χ4v) is 0.969. The first kappa shape index (κ1) is 8.36. The Morgan fingerprint density at radius 1 is 1.55 bits per heavy atom. The molecule has 0 saturated heterocycles. The summed E-state index contributed by atoms with van der Waals surface area (Å²) in [7, 11) is 1.09. The quantitative estimate of drug-likeness (QED) is 0.552. The normalized spacial score (nSPS) is 29.8. The summed E-state index contributed by atoms with van der Waals surface area (Å²) >= 11 is 0. The number of esters is 1. The van der Waals surface area contributed by atoms with Crippen molar-refractivity contribution in [1.29, 1.82) is 0 Å². The van der Waals surface area contributed by atoms with Crippen molar-refractivity contribution >= 4 is 5.97 Å². The molecular formula is C6H7F3O2. The van der Waals surface area contributed by atoms with E-state index in [9.17, 15) is 18.0 Å². The number of methoxy groups -OCH3 is 1. The lowest BCUT2D eigenvalue weighted by Gasteiger charge is -2.03. The third-order valence-electron chi connectivity index (χ3n) is 1.71. The van der Waals surface area contributed by atoms with E-state index in [-0.39, 0.29) is 6.42 Å². The molecule has 0 aromatic heterocycles. The van der Waals surface area contributed by atoms with E-state index in [2.05, 4.69) is 4.74 Å². The zero-order valence-electron chi connectivity index (χ0n) is 5.81. The maximum atomic E-state index is 11.8. The summed E-state index contributed by atoms with van der Waals surface area (Å²) in [6, 6.07) is 0. The van der Waals surface area contributed by atoms with E-state index in [1.807, 2.05) is 0 Å². The van der Waals surface area contributed by atoms with Crippen LogP contribution < -0.4 is 0 Å². The summed E-state index contributed by atoms with van der Waals surface area (Å²) in [6.45, 7) is 0. The lowest BCUT2D eigenvalue weighted by Crippen LogP contribution is -2.15. The number of hydrogen-bond donors (Lipinski definition) is 0. The number of alkyl halides is 3. The smallest absolute Gasteiger partial charge is 0.392 e. The van der Waals surface area contributed by atoms with Crippen molar-refractivity contribution in [3.63, 3.8) is 0 Å². The van der Waals surface area contributed by atoms with Gasteiger partial charge in [0.2, 0.25) is 0 Å². The van der Waals surface area contributed by atoms with Crippen LogP contribution in [-0.4, -0.2) is 19.3 Å². The number of rotatable bonds is 1. The van der Waals surface area contributed by atoms with Crippen LogP contribution in [0.5, 0.6) is 0 Å². The van der Waals surface area contributed by atoms with Crippen molar-refractivity contribution in [2.45, 2.75) is 12.6 Å². The molecule has 5 heteroatoms. The number of carbonyl (C=O) groups is 1. The molecule has 2 nitrogen and oxygen atoms in total. The minimum atomic E-state index is -4.24. The maximum Gasteiger partial charge on any atom is 0.392 e. The Bertz CT molecular complexity index is 175. The molecule has 2 atom stereocenters. The minimum absolute atomic E-state index is 0.115. The van der Waals surface area contributed by atoms with Gasteiger partial charge in [-0.25, -0.2) is 0 Å². The molecule has 0 aromatic carbocycles. The van der Waals surface area contributed by atoms with Gasteiger partial charge in [-0.3, -0.25) is 4.79 Å². The van der Waals surface area contributed by atoms with E-state index in [0.717, 1.165) is 7.11 Å². The molecular weight excluding hydrogens is 161 g/mol. The van der Waals surface area contributed by atoms with Gasteiger partial charge in [-0.05, 0) is 6.42 Å². The van der Waals surface area contributed by atoms with Crippen molar-refractivity contribution in [1.82, 2.24) is 0 Å². The van der Waals surface area contributed by atoms with Crippen molar-refractivity contribution in [3.05, 3.63) is 0 Å². The second-order valence-electron chi connectivity index (χ2n) is 2.51. The largest absolute Gasteiger partial charge is 0.469 e. The van der Waals surface area contributed by atoms with Gasteiger partial charge < -0.3 is 4.74 Å². The Morgan fingerprint density at radius 2 is 2.09 bits per heavy atom. The fourth-order valence-electron chi connectivity index (χ4n) is 0.969. The summed E-state index contributed by atoms with van der Waals surface area (Å²) in [5.41, 5.74) is 0. The van der Waals surface area contributed by atoms with Gasteiger partial charge in [0, 0.05) is 0 Å². The van der Waals surface area contributed by atoms with Gasteiger partial charge in [0.15, 0.2) is 0 Å². The first-order chi connectivity index (χ1) is 4.96. The highest BCUT2D eigenvalue weighted by Crippen LogP contribution is 2.50. The van der Waals surface area contributed by atoms with Crippen molar-refractivity contribution in [2.75, 3.05) is 7.11 Å². The van der Waals surface area contributed by atoms with Gasteiger partial charge in [0.25, 0.3) is 0 Å². The highest BCUT2D eigenvalue weighted by Gasteiger charge is 2.59. The third kappa shape index (κ3) is 1.64. The molecule has 0 radical (unpaired) electrons. The van der Waals surface area contributed by atoms with Crippen molar-refractivity contribution < 1.29 is 22.7 Å². The molecule has 0 bridgehead atoms. The standard InChI is InChI=1S/C6H7F3O2/c1-11-5(10)3-2-4(3)6(7,8)9/h3-4H,2H2,1H3. The SMILES string of the molecule is COC(=O)C1CC1C(F)(F)F. The fraction of sp³-hybridized carbons (Fsp3) is 0.833. The first-order valence-electron chi connectivity index (χ1n) is 3.11. The number of hydrogen-bond acceptors (Lipinski definition) is 2. The summed E-state index contributed by atoms with van der Waals surface area (Å²) in [5, 5.41) is 0. The summed E-state index contributed by atoms with van der Waals surface area (Å²) in [6.07, 6.45) is -4.35. The lowest BCUT2D eigenvalue weighted by atomic mass is 10.3. The number of ether oxygens (including phenoxy) is 1. The molecule has 0 aromatic rings.